The highest BCUT2D eigenvalue weighted by Crippen LogP contribution is 2.20. The van der Waals surface area contributed by atoms with Crippen molar-refractivity contribution < 1.29 is 0 Å². The number of halogens is 2. The maximum absolute atomic E-state index is 3.31. The van der Waals surface area contributed by atoms with Crippen LogP contribution in [-0.2, 0) is 0 Å². The fraction of sp³-hybridized carbons (Fsp3) is 0.130. The average molecular weight is 546 g/mol. The molecule has 0 N–H and O–H groups in total. The Balaban J connectivity index is 1.86. The zero-order chi connectivity index (χ0) is 17.8. The topological polar surface area (TPSA) is 0 Å². The van der Waals surface area contributed by atoms with Gasteiger partial charge in [0.25, 0.3) is 0 Å². The summed E-state index contributed by atoms with van der Waals surface area (Å²) in [7, 11) is 0. The number of rotatable bonds is 0. The first-order chi connectivity index (χ1) is 12.0. The van der Waals surface area contributed by atoms with Crippen LogP contribution in [0.15, 0.2) is 59.7 Å². The van der Waals surface area contributed by atoms with Crippen LogP contribution in [0.1, 0.15) is 28.7 Å². The SMILES string of the molecule is Cc1ccc(I)c(C#CC2=CCC=C2C#Cc2cc(C)ccc2I)c1. The highest BCUT2D eigenvalue weighted by Gasteiger charge is 2.06. The van der Waals surface area contributed by atoms with Crippen LogP contribution >= 0.6 is 45.2 Å². The van der Waals surface area contributed by atoms with Crippen molar-refractivity contribution in [2.45, 2.75) is 20.3 Å². The van der Waals surface area contributed by atoms with E-state index < -0.39 is 0 Å². The van der Waals surface area contributed by atoms with Crippen molar-refractivity contribution in [3.05, 3.63) is 89.1 Å². The molecule has 0 saturated heterocycles. The van der Waals surface area contributed by atoms with Crippen LogP contribution < -0.4 is 0 Å². The molecule has 0 amide bonds. The Morgan fingerprint density at radius 3 is 1.56 bits per heavy atom. The summed E-state index contributed by atoms with van der Waals surface area (Å²) in [6.07, 6.45) is 5.21. The third-order valence-corrected chi connectivity index (χ3v) is 5.72. The predicted molar refractivity (Wildman–Crippen MR) is 122 cm³/mol. The van der Waals surface area contributed by atoms with Gasteiger partial charge in [0, 0.05) is 29.4 Å². The molecule has 0 radical (unpaired) electrons. The molecule has 0 fully saturated rings. The molecule has 25 heavy (non-hydrogen) atoms. The van der Waals surface area contributed by atoms with E-state index in [0.717, 1.165) is 28.7 Å². The van der Waals surface area contributed by atoms with Crippen LogP contribution in [0.2, 0.25) is 0 Å². The van der Waals surface area contributed by atoms with Crippen LogP contribution in [0, 0.1) is 44.7 Å². The summed E-state index contributed by atoms with van der Waals surface area (Å²) in [6, 6.07) is 12.7. The fourth-order valence-corrected chi connectivity index (χ4v) is 3.43. The van der Waals surface area contributed by atoms with E-state index in [1.807, 2.05) is 0 Å². The van der Waals surface area contributed by atoms with Crippen molar-refractivity contribution in [1.82, 2.24) is 0 Å². The lowest BCUT2D eigenvalue weighted by molar-refractivity contribution is 1.43. The first-order valence-electron chi connectivity index (χ1n) is 8.00. The maximum atomic E-state index is 3.31. The van der Waals surface area contributed by atoms with Gasteiger partial charge in [-0.3, -0.25) is 0 Å². The van der Waals surface area contributed by atoms with Crippen molar-refractivity contribution in [2.75, 3.05) is 0 Å². The Kier molecular flexibility index (Phi) is 6.04. The lowest BCUT2D eigenvalue weighted by Crippen LogP contribution is -1.86. The third-order valence-electron chi connectivity index (χ3n) is 3.84. The van der Waals surface area contributed by atoms with Gasteiger partial charge in [-0.25, -0.2) is 0 Å². The molecule has 0 nitrogen and oxygen atoms in total. The minimum Gasteiger partial charge on any atom is -0.0637 e. The van der Waals surface area contributed by atoms with E-state index in [0.29, 0.717) is 0 Å². The summed E-state index contributed by atoms with van der Waals surface area (Å²) in [5, 5.41) is 0. The quantitative estimate of drug-likeness (QED) is 0.274. The van der Waals surface area contributed by atoms with Crippen LogP contribution in [0.5, 0.6) is 0 Å². The molecule has 0 atom stereocenters. The standard InChI is InChI=1S/C23H16I2/c1-16-6-12-22(24)20(14-16)10-8-18-4-3-5-19(18)9-11-21-15-17(2)7-13-23(21)25/h4-7,12-15H,3H2,1-2H3. The van der Waals surface area contributed by atoms with Crippen molar-refractivity contribution in [3.8, 4) is 23.7 Å². The Morgan fingerprint density at radius 1 is 0.680 bits per heavy atom. The normalized spacial score (nSPS) is 12.5. The van der Waals surface area contributed by atoms with Crippen molar-refractivity contribution in [2.24, 2.45) is 0 Å². The minimum absolute atomic E-state index is 0.907. The summed E-state index contributed by atoms with van der Waals surface area (Å²) in [5.41, 5.74) is 6.69. The molecule has 2 heteroatoms. The average Bonchev–Trinajstić information content (AvgIpc) is 3.04. The molecule has 3 rings (SSSR count). The summed E-state index contributed by atoms with van der Waals surface area (Å²) in [5.74, 6) is 13.2. The van der Waals surface area contributed by atoms with E-state index in [4.69, 9.17) is 0 Å². The summed E-state index contributed by atoms with van der Waals surface area (Å²) >= 11 is 4.67. The van der Waals surface area contributed by atoms with Gasteiger partial charge in [-0.05, 0) is 101 Å². The molecular formula is C23H16I2. The largest absolute Gasteiger partial charge is 0.0637 e. The second kappa shape index (κ2) is 8.25. The molecule has 0 heterocycles. The molecule has 1 aliphatic carbocycles. The first kappa shape index (κ1) is 18.3. The van der Waals surface area contributed by atoms with Crippen LogP contribution in [0.3, 0.4) is 0 Å². The Morgan fingerprint density at radius 2 is 1.12 bits per heavy atom. The fourth-order valence-electron chi connectivity index (χ4n) is 2.49. The van der Waals surface area contributed by atoms with E-state index in [2.05, 4.69) is 131 Å². The smallest absolute Gasteiger partial charge is 0.0385 e. The van der Waals surface area contributed by atoms with Crippen LogP contribution in [-0.4, -0.2) is 0 Å². The molecule has 122 valence electrons. The third kappa shape index (κ3) is 4.77. The highest BCUT2D eigenvalue weighted by molar-refractivity contribution is 14.1. The van der Waals surface area contributed by atoms with Gasteiger partial charge in [-0.1, -0.05) is 48.0 Å². The molecule has 2 aromatic carbocycles. The monoisotopic (exact) mass is 546 g/mol. The minimum atomic E-state index is 0.907. The maximum Gasteiger partial charge on any atom is 0.0385 e. The number of benzene rings is 2. The number of hydrogen-bond donors (Lipinski definition) is 0. The van der Waals surface area contributed by atoms with Gasteiger partial charge in [0.15, 0.2) is 0 Å². The van der Waals surface area contributed by atoms with E-state index >= 15 is 0 Å². The van der Waals surface area contributed by atoms with E-state index in [-0.39, 0.29) is 0 Å². The second-order valence-electron chi connectivity index (χ2n) is 5.94. The lowest BCUT2D eigenvalue weighted by atomic mass is 10.1. The first-order valence-corrected chi connectivity index (χ1v) is 10.2. The number of aryl methyl sites for hydroxylation is 2. The molecule has 1 aliphatic rings. The van der Waals surface area contributed by atoms with Gasteiger partial charge >= 0.3 is 0 Å². The molecule has 0 aliphatic heterocycles. The predicted octanol–water partition coefficient (Wildman–Crippen LogP) is 6.17. The van der Waals surface area contributed by atoms with Crippen LogP contribution in [0.25, 0.3) is 0 Å². The number of allylic oxidation sites excluding steroid dienone is 4. The van der Waals surface area contributed by atoms with E-state index in [1.54, 1.807) is 0 Å². The molecule has 0 aromatic heterocycles. The molecule has 0 bridgehead atoms. The van der Waals surface area contributed by atoms with Crippen molar-refractivity contribution in [1.29, 1.82) is 0 Å². The van der Waals surface area contributed by atoms with Gasteiger partial charge in [0.05, 0.1) is 0 Å². The molecule has 0 spiro atoms. The van der Waals surface area contributed by atoms with Gasteiger partial charge in [-0.2, -0.15) is 0 Å². The lowest BCUT2D eigenvalue weighted by Gasteiger charge is -1.99. The Labute approximate surface area is 177 Å². The van der Waals surface area contributed by atoms with Gasteiger partial charge < -0.3 is 0 Å². The molecule has 0 unspecified atom stereocenters. The number of hydrogen-bond acceptors (Lipinski definition) is 0. The van der Waals surface area contributed by atoms with E-state index in [9.17, 15) is 0 Å². The van der Waals surface area contributed by atoms with Gasteiger partial charge in [0.1, 0.15) is 0 Å². The second-order valence-corrected chi connectivity index (χ2v) is 8.26. The summed E-state index contributed by atoms with van der Waals surface area (Å²) in [4.78, 5) is 0. The Bertz CT molecular complexity index is 932. The summed E-state index contributed by atoms with van der Waals surface area (Å²) < 4.78 is 2.36. The van der Waals surface area contributed by atoms with E-state index in [1.165, 1.54) is 18.3 Å². The molecular weight excluding hydrogens is 530 g/mol. The zero-order valence-corrected chi connectivity index (χ0v) is 18.4. The van der Waals surface area contributed by atoms with Gasteiger partial charge in [0.2, 0.25) is 0 Å². The molecule has 0 saturated carbocycles. The molecule has 2 aromatic rings. The van der Waals surface area contributed by atoms with Crippen LogP contribution in [0.4, 0.5) is 0 Å². The van der Waals surface area contributed by atoms with Crippen molar-refractivity contribution >= 4 is 45.2 Å². The van der Waals surface area contributed by atoms with Crippen molar-refractivity contribution in [3.63, 3.8) is 0 Å². The zero-order valence-electron chi connectivity index (χ0n) is 14.1. The van der Waals surface area contributed by atoms with Gasteiger partial charge in [-0.15, -0.1) is 0 Å². The Hall–Kier alpha value is -1.50. The summed E-state index contributed by atoms with van der Waals surface area (Å²) in [6.45, 7) is 4.19. The highest BCUT2D eigenvalue weighted by atomic mass is 127.